The summed E-state index contributed by atoms with van der Waals surface area (Å²) in [5.74, 6) is 0. The van der Waals surface area contributed by atoms with E-state index in [0.717, 1.165) is 12.8 Å². The lowest BCUT2D eigenvalue weighted by Gasteiger charge is -2.17. The number of alkyl halides is 3. The molecule has 7 heteroatoms. The van der Waals surface area contributed by atoms with Crippen molar-refractivity contribution >= 4 is 6.09 Å². The fraction of sp³-hybridized carbons (Fsp3) is 0.875. The molecule has 2 unspecified atom stereocenters. The monoisotopic (exact) mass is 226 g/mol. The van der Waals surface area contributed by atoms with Crippen LogP contribution >= 0.6 is 0 Å². The summed E-state index contributed by atoms with van der Waals surface area (Å²) in [6.07, 6.45) is -3.76. The number of ether oxygens (including phenoxy) is 1. The highest BCUT2D eigenvalue weighted by molar-refractivity contribution is 5.67. The number of amides is 1. The van der Waals surface area contributed by atoms with Gasteiger partial charge in [0.15, 0.2) is 0 Å². The van der Waals surface area contributed by atoms with Gasteiger partial charge in [-0.2, -0.15) is 13.2 Å². The number of nitrogens with one attached hydrogen (secondary N) is 1. The summed E-state index contributed by atoms with van der Waals surface area (Å²) >= 11 is 0. The standard InChI is InChI=1S/C8H13F3N2O2/c9-8(10,11)4-13-7(14)15-6-3-1-2-5(6)12/h5-6H,1-4,12H2,(H,13,14). The van der Waals surface area contributed by atoms with Crippen LogP contribution in [0.5, 0.6) is 0 Å². The van der Waals surface area contributed by atoms with Gasteiger partial charge in [0.25, 0.3) is 0 Å². The third kappa shape index (κ3) is 4.37. The van der Waals surface area contributed by atoms with Gasteiger partial charge >= 0.3 is 12.3 Å². The molecule has 0 saturated heterocycles. The normalized spacial score (nSPS) is 26.4. The SMILES string of the molecule is NC1CCCC1OC(=O)NCC(F)(F)F. The Morgan fingerprint density at radius 3 is 2.60 bits per heavy atom. The van der Waals surface area contributed by atoms with Crippen LogP contribution in [-0.2, 0) is 4.74 Å². The van der Waals surface area contributed by atoms with Gasteiger partial charge in [-0.3, -0.25) is 0 Å². The van der Waals surface area contributed by atoms with Gasteiger partial charge in [-0.15, -0.1) is 0 Å². The maximum Gasteiger partial charge on any atom is 0.407 e. The summed E-state index contributed by atoms with van der Waals surface area (Å²) in [5.41, 5.74) is 5.58. The van der Waals surface area contributed by atoms with Crippen molar-refractivity contribution in [1.82, 2.24) is 5.32 Å². The van der Waals surface area contributed by atoms with E-state index in [-0.39, 0.29) is 6.04 Å². The zero-order chi connectivity index (χ0) is 11.5. The van der Waals surface area contributed by atoms with Crippen LogP contribution in [0.3, 0.4) is 0 Å². The third-order valence-electron chi connectivity index (χ3n) is 2.20. The number of halogens is 3. The summed E-state index contributed by atoms with van der Waals surface area (Å²) < 4.78 is 39.9. The van der Waals surface area contributed by atoms with Crippen LogP contribution in [0, 0.1) is 0 Å². The summed E-state index contributed by atoms with van der Waals surface area (Å²) in [7, 11) is 0. The second-order valence-electron chi connectivity index (χ2n) is 3.51. The minimum absolute atomic E-state index is 0.262. The molecule has 0 bridgehead atoms. The lowest BCUT2D eigenvalue weighted by molar-refractivity contribution is -0.124. The Balaban J connectivity index is 2.24. The quantitative estimate of drug-likeness (QED) is 0.742. The molecule has 0 spiro atoms. The topological polar surface area (TPSA) is 64.3 Å². The van der Waals surface area contributed by atoms with Crippen LogP contribution < -0.4 is 11.1 Å². The number of alkyl carbamates (subject to hydrolysis) is 1. The van der Waals surface area contributed by atoms with Crippen LogP contribution in [0.2, 0.25) is 0 Å². The predicted molar refractivity (Wildman–Crippen MR) is 46.2 cm³/mol. The zero-order valence-corrected chi connectivity index (χ0v) is 8.01. The molecule has 0 aromatic carbocycles. The van der Waals surface area contributed by atoms with Crippen LogP contribution in [0.25, 0.3) is 0 Å². The fourth-order valence-electron chi connectivity index (χ4n) is 1.45. The number of carbonyl (C=O) groups is 1. The van der Waals surface area contributed by atoms with E-state index in [9.17, 15) is 18.0 Å². The molecule has 1 fully saturated rings. The second-order valence-corrected chi connectivity index (χ2v) is 3.51. The second kappa shape index (κ2) is 4.69. The summed E-state index contributed by atoms with van der Waals surface area (Å²) in [4.78, 5) is 10.9. The highest BCUT2D eigenvalue weighted by Crippen LogP contribution is 2.20. The Labute approximate surface area is 84.9 Å². The molecule has 88 valence electrons. The molecule has 0 radical (unpaired) electrons. The average Bonchev–Trinajstić information content (AvgIpc) is 2.47. The van der Waals surface area contributed by atoms with Crippen molar-refractivity contribution < 1.29 is 22.7 Å². The number of rotatable bonds is 2. The maximum absolute atomic E-state index is 11.7. The van der Waals surface area contributed by atoms with Crippen LogP contribution in [0.1, 0.15) is 19.3 Å². The van der Waals surface area contributed by atoms with Crippen molar-refractivity contribution in [3.05, 3.63) is 0 Å². The Bertz CT molecular complexity index is 232. The molecule has 0 aliphatic heterocycles. The highest BCUT2D eigenvalue weighted by atomic mass is 19.4. The Morgan fingerprint density at radius 2 is 2.13 bits per heavy atom. The minimum Gasteiger partial charge on any atom is -0.445 e. The van der Waals surface area contributed by atoms with Crippen molar-refractivity contribution in [2.75, 3.05) is 6.54 Å². The maximum atomic E-state index is 11.7. The van der Waals surface area contributed by atoms with E-state index in [1.807, 2.05) is 0 Å². The number of hydrogen-bond donors (Lipinski definition) is 2. The molecular weight excluding hydrogens is 213 g/mol. The van der Waals surface area contributed by atoms with Gasteiger partial charge in [0, 0.05) is 6.04 Å². The van der Waals surface area contributed by atoms with Crippen LogP contribution in [0.15, 0.2) is 0 Å². The first-order chi connectivity index (χ1) is 6.88. The van der Waals surface area contributed by atoms with Gasteiger partial charge in [0.05, 0.1) is 0 Å². The van der Waals surface area contributed by atoms with Gasteiger partial charge in [-0.05, 0) is 19.3 Å². The van der Waals surface area contributed by atoms with Gasteiger partial charge in [0.2, 0.25) is 0 Å². The van der Waals surface area contributed by atoms with Crippen molar-refractivity contribution in [2.45, 2.75) is 37.6 Å². The number of carbonyl (C=O) groups excluding carboxylic acids is 1. The Hall–Kier alpha value is -0.980. The zero-order valence-electron chi connectivity index (χ0n) is 8.01. The van der Waals surface area contributed by atoms with E-state index in [2.05, 4.69) is 0 Å². The first kappa shape index (κ1) is 12.1. The lowest BCUT2D eigenvalue weighted by Crippen LogP contribution is -2.39. The van der Waals surface area contributed by atoms with Gasteiger partial charge in [0.1, 0.15) is 12.6 Å². The van der Waals surface area contributed by atoms with E-state index in [4.69, 9.17) is 10.5 Å². The van der Waals surface area contributed by atoms with E-state index in [1.54, 1.807) is 5.32 Å². The molecule has 1 aliphatic rings. The number of nitrogens with two attached hydrogens (primary N) is 1. The average molecular weight is 226 g/mol. The summed E-state index contributed by atoms with van der Waals surface area (Å²) in [6, 6.07) is -0.262. The van der Waals surface area contributed by atoms with Crippen LogP contribution in [0.4, 0.5) is 18.0 Å². The lowest BCUT2D eigenvalue weighted by atomic mass is 10.2. The molecule has 1 rings (SSSR count). The molecule has 3 N–H and O–H groups in total. The van der Waals surface area contributed by atoms with E-state index < -0.39 is 24.9 Å². The Morgan fingerprint density at radius 1 is 1.47 bits per heavy atom. The van der Waals surface area contributed by atoms with Gasteiger partial charge < -0.3 is 15.8 Å². The van der Waals surface area contributed by atoms with E-state index in [0.29, 0.717) is 6.42 Å². The molecule has 0 heterocycles. The summed E-state index contributed by atoms with van der Waals surface area (Å²) in [6.45, 7) is -1.38. The molecule has 2 atom stereocenters. The summed E-state index contributed by atoms with van der Waals surface area (Å²) in [5, 5.41) is 1.63. The Kier molecular flexibility index (Phi) is 3.78. The van der Waals surface area contributed by atoms with E-state index in [1.165, 1.54) is 0 Å². The van der Waals surface area contributed by atoms with Crippen molar-refractivity contribution in [3.8, 4) is 0 Å². The van der Waals surface area contributed by atoms with Crippen molar-refractivity contribution in [3.63, 3.8) is 0 Å². The largest absolute Gasteiger partial charge is 0.445 e. The first-order valence-corrected chi connectivity index (χ1v) is 4.65. The molecule has 15 heavy (non-hydrogen) atoms. The van der Waals surface area contributed by atoms with Crippen molar-refractivity contribution in [1.29, 1.82) is 0 Å². The molecule has 1 saturated carbocycles. The smallest absolute Gasteiger partial charge is 0.407 e. The first-order valence-electron chi connectivity index (χ1n) is 4.65. The van der Waals surface area contributed by atoms with Gasteiger partial charge in [-0.1, -0.05) is 0 Å². The van der Waals surface area contributed by atoms with Crippen molar-refractivity contribution in [2.24, 2.45) is 5.73 Å². The van der Waals surface area contributed by atoms with Gasteiger partial charge in [-0.25, -0.2) is 4.79 Å². The molecule has 0 aromatic rings. The third-order valence-corrected chi connectivity index (χ3v) is 2.20. The highest BCUT2D eigenvalue weighted by Gasteiger charge is 2.30. The van der Waals surface area contributed by atoms with Crippen LogP contribution in [-0.4, -0.2) is 31.0 Å². The fourth-order valence-corrected chi connectivity index (χ4v) is 1.45. The molecule has 1 amide bonds. The molecule has 1 aliphatic carbocycles. The molecular formula is C8H13F3N2O2. The molecule has 0 aromatic heterocycles. The minimum atomic E-state index is -4.42. The number of hydrogen-bond acceptors (Lipinski definition) is 3. The predicted octanol–water partition coefficient (Wildman–Crippen LogP) is 1.15. The molecule has 4 nitrogen and oxygen atoms in total. The van der Waals surface area contributed by atoms with E-state index >= 15 is 0 Å².